The van der Waals surface area contributed by atoms with E-state index in [0.717, 1.165) is 4.57 Å². The lowest BCUT2D eigenvalue weighted by Crippen LogP contribution is -2.33. The van der Waals surface area contributed by atoms with E-state index in [1.807, 2.05) is 0 Å². The summed E-state index contributed by atoms with van der Waals surface area (Å²) in [5.74, 6) is -0.444. The van der Waals surface area contributed by atoms with E-state index in [9.17, 15) is 22.8 Å². The van der Waals surface area contributed by atoms with Gasteiger partial charge in [0.2, 0.25) is 9.84 Å². The first-order valence-electron chi connectivity index (χ1n) is 11.1. The lowest BCUT2D eigenvalue weighted by atomic mass is 10.1. The van der Waals surface area contributed by atoms with Crippen LogP contribution in [0.2, 0.25) is 0 Å². The van der Waals surface area contributed by atoms with Crippen LogP contribution in [0, 0.1) is 0 Å². The number of para-hydroxylation sites is 1. The first kappa shape index (κ1) is 23.8. The van der Waals surface area contributed by atoms with E-state index in [1.54, 1.807) is 24.3 Å². The number of nitrogens with zero attached hydrogens (tertiary/aromatic N) is 1. The fraction of sp³-hybridized carbons (Fsp3) is 0. The average molecular weight is 513 g/mol. The molecule has 0 unspecified atom stereocenters. The Bertz CT molecular complexity index is 1860. The maximum atomic E-state index is 12.8. The molecule has 0 fully saturated rings. The number of sulfone groups is 1. The topological polar surface area (TPSA) is 144 Å². The molecule has 9 nitrogen and oxygen atoms in total. The van der Waals surface area contributed by atoms with Gasteiger partial charge < -0.3 is 16.0 Å². The second kappa shape index (κ2) is 9.25. The number of nitrogen functional groups attached to an aromatic ring is 1. The van der Waals surface area contributed by atoms with E-state index in [4.69, 9.17) is 5.73 Å². The molecule has 10 heteroatoms. The van der Waals surface area contributed by atoms with Gasteiger partial charge in [0.1, 0.15) is 0 Å². The van der Waals surface area contributed by atoms with Crippen molar-refractivity contribution in [2.45, 2.75) is 9.79 Å². The van der Waals surface area contributed by atoms with Gasteiger partial charge in [-0.3, -0.25) is 9.59 Å². The van der Waals surface area contributed by atoms with Gasteiger partial charge >= 0.3 is 5.69 Å². The predicted molar refractivity (Wildman–Crippen MR) is 141 cm³/mol. The summed E-state index contributed by atoms with van der Waals surface area (Å²) in [6.07, 6.45) is 0. The van der Waals surface area contributed by atoms with Crippen molar-refractivity contribution in [2.75, 3.05) is 11.1 Å². The van der Waals surface area contributed by atoms with Crippen LogP contribution in [0.25, 0.3) is 16.6 Å². The maximum Gasteiger partial charge on any atom is 0.333 e. The van der Waals surface area contributed by atoms with Crippen molar-refractivity contribution in [3.63, 3.8) is 0 Å². The highest BCUT2D eigenvalue weighted by atomic mass is 32.2. The van der Waals surface area contributed by atoms with Crippen molar-refractivity contribution < 1.29 is 13.2 Å². The Morgan fingerprint density at radius 3 is 2.03 bits per heavy atom. The average Bonchev–Trinajstić information content (AvgIpc) is 2.89. The summed E-state index contributed by atoms with van der Waals surface area (Å²) in [4.78, 5) is 40.9. The molecule has 4 N–H and O–H groups in total. The third kappa shape index (κ3) is 4.53. The van der Waals surface area contributed by atoms with Gasteiger partial charge in [-0.1, -0.05) is 12.1 Å². The molecule has 4 aromatic carbocycles. The number of rotatable bonds is 5. The molecule has 184 valence electrons. The van der Waals surface area contributed by atoms with Crippen molar-refractivity contribution in [2.24, 2.45) is 0 Å². The highest BCUT2D eigenvalue weighted by Crippen LogP contribution is 2.23. The number of hydrogen-bond donors (Lipinski definition) is 3. The second-order valence-electron chi connectivity index (χ2n) is 8.21. The molecule has 0 bridgehead atoms. The largest absolute Gasteiger partial charge is 0.399 e. The zero-order valence-electron chi connectivity index (χ0n) is 19.2. The Kier molecular flexibility index (Phi) is 5.94. The number of H-pyrrole nitrogens is 1. The number of aromatic amines is 1. The van der Waals surface area contributed by atoms with E-state index in [-0.39, 0.29) is 15.4 Å². The number of aromatic nitrogens is 2. The molecule has 1 amide bonds. The minimum atomic E-state index is -3.73. The molecular formula is C27H20N4O5S. The minimum absolute atomic E-state index is 0.0747. The van der Waals surface area contributed by atoms with Crippen molar-refractivity contribution in [1.29, 1.82) is 0 Å². The Morgan fingerprint density at radius 2 is 1.38 bits per heavy atom. The van der Waals surface area contributed by atoms with E-state index < -0.39 is 27.0 Å². The van der Waals surface area contributed by atoms with Gasteiger partial charge in [0, 0.05) is 16.9 Å². The fourth-order valence-corrected chi connectivity index (χ4v) is 5.12. The minimum Gasteiger partial charge on any atom is -0.399 e. The Morgan fingerprint density at radius 1 is 0.784 bits per heavy atom. The summed E-state index contributed by atoms with van der Waals surface area (Å²) in [5.41, 5.74) is 6.47. The number of nitrogens with two attached hydrogens (primary N) is 1. The summed E-state index contributed by atoms with van der Waals surface area (Å²) in [6.45, 7) is 0. The zero-order valence-corrected chi connectivity index (χ0v) is 20.0. The molecule has 0 spiro atoms. The molecule has 0 aliphatic carbocycles. The molecule has 0 radical (unpaired) electrons. The maximum absolute atomic E-state index is 12.8. The summed E-state index contributed by atoms with van der Waals surface area (Å²) in [5, 5.41) is 3.07. The first-order chi connectivity index (χ1) is 17.7. The molecule has 0 saturated carbocycles. The van der Waals surface area contributed by atoms with Crippen LogP contribution in [0.4, 0.5) is 11.4 Å². The van der Waals surface area contributed by atoms with Crippen LogP contribution < -0.4 is 22.3 Å². The lowest BCUT2D eigenvalue weighted by molar-refractivity contribution is 0.102. The van der Waals surface area contributed by atoms with Crippen molar-refractivity contribution in [3.05, 3.63) is 123 Å². The molecule has 1 aromatic heterocycles. The number of amides is 1. The predicted octanol–water partition coefficient (Wildman–Crippen LogP) is 3.35. The number of hydrogen-bond acceptors (Lipinski definition) is 6. The standard InChI is InChI=1S/C27H20N4O5S/c28-18-7-13-21(14-8-18)37(35,36)22-15-9-19(10-16-22)29-25(32)17-5-11-20(12-6-17)31-26(33)23-3-1-2-4-24(23)30-27(31)34/h1-16H,28H2,(H,29,32)(H,30,34). The summed E-state index contributed by atoms with van der Waals surface area (Å²) in [7, 11) is -3.73. The van der Waals surface area contributed by atoms with E-state index >= 15 is 0 Å². The van der Waals surface area contributed by atoms with Gasteiger partial charge in [0.15, 0.2) is 0 Å². The summed E-state index contributed by atoms with van der Waals surface area (Å²) >= 11 is 0. The van der Waals surface area contributed by atoms with E-state index in [0.29, 0.717) is 28.0 Å². The van der Waals surface area contributed by atoms with Crippen LogP contribution in [-0.4, -0.2) is 23.9 Å². The van der Waals surface area contributed by atoms with Crippen molar-refractivity contribution >= 4 is 38.0 Å². The highest BCUT2D eigenvalue weighted by molar-refractivity contribution is 7.91. The quantitative estimate of drug-likeness (QED) is 0.308. The van der Waals surface area contributed by atoms with Gasteiger partial charge in [-0.25, -0.2) is 17.8 Å². The number of nitrogens with one attached hydrogen (secondary N) is 2. The normalized spacial score (nSPS) is 11.4. The van der Waals surface area contributed by atoms with Crippen molar-refractivity contribution in [1.82, 2.24) is 9.55 Å². The smallest absolute Gasteiger partial charge is 0.333 e. The van der Waals surface area contributed by atoms with E-state index in [2.05, 4.69) is 10.3 Å². The molecule has 0 saturated heterocycles. The number of anilines is 2. The van der Waals surface area contributed by atoms with Crippen molar-refractivity contribution in [3.8, 4) is 5.69 Å². The highest BCUT2D eigenvalue weighted by Gasteiger charge is 2.18. The second-order valence-corrected chi connectivity index (χ2v) is 10.2. The zero-order chi connectivity index (χ0) is 26.2. The van der Waals surface area contributed by atoms with Crippen LogP contribution in [0.15, 0.2) is 116 Å². The number of fused-ring (bicyclic) bond motifs is 1. The summed E-state index contributed by atoms with van der Waals surface area (Å²) in [6, 6.07) is 24.4. The molecular weight excluding hydrogens is 492 g/mol. The van der Waals surface area contributed by atoms with E-state index in [1.165, 1.54) is 72.8 Å². The first-order valence-corrected chi connectivity index (χ1v) is 12.6. The monoisotopic (exact) mass is 512 g/mol. The number of carbonyl (C=O) groups excluding carboxylic acids is 1. The third-order valence-corrected chi connectivity index (χ3v) is 7.59. The van der Waals surface area contributed by atoms with Crippen LogP contribution in [-0.2, 0) is 9.84 Å². The van der Waals surface area contributed by atoms with Crippen LogP contribution >= 0.6 is 0 Å². The third-order valence-electron chi connectivity index (χ3n) is 5.81. The molecule has 5 rings (SSSR count). The molecule has 0 atom stereocenters. The number of benzene rings is 4. The lowest BCUT2D eigenvalue weighted by Gasteiger charge is -2.09. The molecule has 5 aromatic rings. The molecule has 0 aliphatic heterocycles. The molecule has 1 heterocycles. The van der Waals surface area contributed by atoms with Gasteiger partial charge in [-0.15, -0.1) is 0 Å². The van der Waals surface area contributed by atoms with Crippen LogP contribution in [0.5, 0.6) is 0 Å². The van der Waals surface area contributed by atoms with Gasteiger partial charge in [-0.05, 0) is 84.9 Å². The van der Waals surface area contributed by atoms with Gasteiger partial charge in [0.25, 0.3) is 11.5 Å². The van der Waals surface area contributed by atoms with Gasteiger partial charge in [0.05, 0.1) is 26.4 Å². The van der Waals surface area contributed by atoms with Crippen LogP contribution in [0.3, 0.4) is 0 Å². The Balaban J connectivity index is 1.35. The van der Waals surface area contributed by atoms with Gasteiger partial charge in [-0.2, -0.15) is 0 Å². The number of carbonyl (C=O) groups is 1. The van der Waals surface area contributed by atoms with Crippen LogP contribution in [0.1, 0.15) is 10.4 Å². The summed E-state index contributed by atoms with van der Waals surface area (Å²) < 4.78 is 26.6. The molecule has 37 heavy (non-hydrogen) atoms. The SMILES string of the molecule is Nc1ccc(S(=O)(=O)c2ccc(NC(=O)c3ccc(-n4c(=O)[nH]c5ccccc5c4=O)cc3)cc2)cc1. The Hall–Kier alpha value is -4.96. The Labute approximate surface area is 210 Å². The fourth-order valence-electron chi connectivity index (χ4n) is 3.86. The molecule has 0 aliphatic rings.